The van der Waals surface area contributed by atoms with Gasteiger partial charge in [0.1, 0.15) is 5.70 Å². The van der Waals surface area contributed by atoms with E-state index < -0.39 is 61.3 Å². The molecule has 0 aromatic heterocycles. The van der Waals surface area contributed by atoms with Gasteiger partial charge in [0.15, 0.2) is 5.57 Å². The zero-order valence-corrected chi connectivity index (χ0v) is 21.6. The molecule has 0 spiro atoms. The fraction of sp³-hybridized carbons (Fsp3) is 0.333. The summed E-state index contributed by atoms with van der Waals surface area (Å²) in [7, 11) is 0. The number of halogens is 4. The second-order valence-electron chi connectivity index (χ2n) is 11.3. The first-order valence-electron chi connectivity index (χ1n) is 12.7. The van der Waals surface area contributed by atoms with Crippen LogP contribution < -0.4 is 10.0 Å². The first-order chi connectivity index (χ1) is 18.7. The van der Waals surface area contributed by atoms with Gasteiger partial charge in [-0.1, -0.05) is 12.2 Å². The van der Waals surface area contributed by atoms with Crippen LogP contribution in [0.1, 0.15) is 25.0 Å². The number of hydrogen-bond donors (Lipinski definition) is 1. The van der Waals surface area contributed by atoms with E-state index in [1.54, 1.807) is 35.3 Å². The molecule has 1 aromatic carbocycles. The van der Waals surface area contributed by atoms with Gasteiger partial charge in [0.05, 0.1) is 72.4 Å². The van der Waals surface area contributed by atoms with E-state index in [-0.39, 0.29) is 11.1 Å². The summed E-state index contributed by atoms with van der Waals surface area (Å²) >= 11 is 0. The number of carbonyl (C=O) groups excluding carboxylic acids is 1. The normalized spacial score (nSPS) is 27.0. The highest BCUT2D eigenvalue weighted by Crippen LogP contribution is 2.52. The maximum absolute atomic E-state index is 13.7. The van der Waals surface area contributed by atoms with Crippen molar-refractivity contribution >= 4 is 23.2 Å². The molecule has 10 heteroatoms. The molecule has 6 nitrogen and oxygen atoms in total. The molecule has 0 radical (unpaired) electrons. The van der Waals surface area contributed by atoms with Crippen LogP contribution in [0.2, 0.25) is 0 Å². The molecular formula is C30H24F4N2O4. The molecule has 2 saturated heterocycles. The molecule has 2 heterocycles. The van der Waals surface area contributed by atoms with Crippen molar-refractivity contribution in [2.75, 3.05) is 31.1 Å². The largest absolute Gasteiger partial charge is 0.549 e. The number of aliphatic carboxylic acids is 2. The lowest BCUT2D eigenvalue weighted by molar-refractivity contribution is -0.308. The highest BCUT2D eigenvalue weighted by atomic mass is 19.3. The van der Waals surface area contributed by atoms with Crippen LogP contribution in [0.15, 0.2) is 76.6 Å². The molecule has 40 heavy (non-hydrogen) atoms. The molecule has 1 N–H and O–H groups in total. The van der Waals surface area contributed by atoms with Crippen LogP contribution in [0.4, 0.5) is 23.2 Å². The second kappa shape index (κ2) is 8.41. The van der Waals surface area contributed by atoms with Crippen molar-refractivity contribution in [3.63, 3.8) is 0 Å². The average molecular weight is 553 g/mol. The van der Waals surface area contributed by atoms with Gasteiger partial charge in [-0.15, -0.1) is 0 Å². The Bertz CT molecular complexity index is 1540. The number of carbonyl (C=O) groups is 2. The van der Waals surface area contributed by atoms with E-state index in [2.05, 4.69) is 6.08 Å². The van der Waals surface area contributed by atoms with Gasteiger partial charge in [0.2, 0.25) is 0 Å². The van der Waals surface area contributed by atoms with Gasteiger partial charge in [0, 0.05) is 22.9 Å². The van der Waals surface area contributed by atoms with Gasteiger partial charge in [-0.25, -0.2) is 22.4 Å². The van der Waals surface area contributed by atoms with Crippen molar-refractivity contribution in [2.45, 2.75) is 31.1 Å². The van der Waals surface area contributed by atoms with Crippen LogP contribution in [0.3, 0.4) is 0 Å². The van der Waals surface area contributed by atoms with Gasteiger partial charge < -0.3 is 24.8 Å². The van der Waals surface area contributed by atoms with Crippen LogP contribution in [0.5, 0.6) is 0 Å². The fourth-order valence-electron chi connectivity index (χ4n) is 5.98. The van der Waals surface area contributed by atoms with Crippen LogP contribution in [0, 0.1) is 12.0 Å². The lowest BCUT2D eigenvalue weighted by Crippen LogP contribution is -2.56. The van der Waals surface area contributed by atoms with E-state index in [0.717, 1.165) is 0 Å². The molecule has 2 aliphatic heterocycles. The number of nitrogens with zero attached hydrogens (tertiary/aromatic N) is 2. The summed E-state index contributed by atoms with van der Waals surface area (Å²) in [6.07, 6.45) is 10.3. The smallest absolute Gasteiger partial charge is 0.335 e. The monoisotopic (exact) mass is 552 g/mol. The van der Waals surface area contributed by atoms with Crippen LogP contribution in [-0.4, -0.2) is 60.0 Å². The summed E-state index contributed by atoms with van der Waals surface area (Å²) in [5.74, 6) is -9.52. The maximum atomic E-state index is 13.7. The molecule has 0 amide bonds. The number of hydrogen-bond acceptors (Lipinski definition) is 5. The first kappa shape index (κ1) is 26.1. The van der Waals surface area contributed by atoms with Crippen molar-refractivity contribution in [3.8, 4) is 0 Å². The number of likely N-dealkylation sites (tertiary alicyclic amines) is 1. The van der Waals surface area contributed by atoms with E-state index in [1.165, 1.54) is 23.1 Å². The van der Waals surface area contributed by atoms with Crippen molar-refractivity contribution in [3.05, 3.63) is 93.8 Å². The van der Waals surface area contributed by atoms with Gasteiger partial charge in [-0.2, -0.15) is 0 Å². The Morgan fingerprint density at radius 2 is 1.68 bits per heavy atom. The van der Waals surface area contributed by atoms with Crippen molar-refractivity contribution in [1.82, 2.24) is 4.90 Å². The molecular weight excluding hydrogens is 528 g/mol. The van der Waals surface area contributed by atoms with E-state index in [1.807, 2.05) is 13.8 Å². The SMILES string of the molecule is CC1(C)C2=C([C+]=CC(N3CC(F)(F)C3)=C2)C(=C2C=C(C(=O)O)C=CC2C(=O)[O-])c2ccc(N3CC(F)(F)C3)cc21. The third kappa shape index (κ3) is 4.05. The maximum Gasteiger partial charge on any atom is 0.335 e. The third-order valence-corrected chi connectivity index (χ3v) is 8.12. The Morgan fingerprint density at radius 1 is 1.02 bits per heavy atom. The number of alkyl halides is 4. The van der Waals surface area contributed by atoms with Crippen molar-refractivity contribution < 1.29 is 37.4 Å². The Balaban J connectivity index is 1.58. The number of carboxylic acids is 2. The quantitative estimate of drug-likeness (QED) is 0.454. The summed E-state index contributed by atoms with van der Waals surface area (Å²) in [4.78, 5) is 27.1. The Labute approximate surface area is 227 Å². The predicted molar refractivity (Wildman–Crippen MR) is 136 cm³/mol. The topological polar surface area (TPSA) is 83.9 Å². The van der Waals surface area contributed by atoms with Crippen molar-refractivity contribution in [2.24, 2.45) is 5.92 Å². The molecule has 0 bridgehead atoms. The third-order valence-electron chi connectivity index (χ3n) is 8.12. The zero-order valence-electron chi connectivity index (χ0n) is 21.6. The van der Waals surface area contributed by atoms with Crippen LogP contribution in [0.25, 0.3) is 5.57 Å². The first-order valence-corrected chi connectivity index (χ1v) is 12.7. The number of fused-ring (bicyclic) bond motifs is 1. The predicted octanol–water partition coefficient (Wildman–Crippen LogP) is 3.64. The Hall–Kier alpha value is -4.17. The molecule has 1 atom stereocenters. The molecule has 2 fully saturated rings. The Kier molecular flexibility index (Phi) is 5.48. The number of anilines is 1. The van der Waals surface area contributed by atoms with Crippen molar-refractivity contribution in [1.29, 1.82) is 0 Å². The minimum Gasteiger partial charge on any atom is -0.549 e. The summed E-state index contributed by atoms with van der Waals surface area (Å²) in [5, 5.41) is 21.9. The van der Waals surface area contributed by atoms with Gasteiger partial charge in [-0.3, -0.25) is 0 Å². The van der Waals surface area contributed by atoms with E-state index >= 15 is 0 Å². The highest BCUT2D eigenvalue weighted by molar-refractivity contribution is 5.99. The fourth-order valence-corrected chi connectivity index (χ4v) is 5.98. The highest BCUT2D eigenvalue weighted by Gasteiger charge is 2.50. The van der Waals surface area contributed by atoms with Crippen LogP contribution >= 0.6 is 0 Å². The number of carboxylic acid groups (broad SMARTS) is 2. The van der Waals surface area contributed by atoms with E-state index in [0.29, 0.717) is 39.2 Å². The molecule has 6 rings (SSSR count). The molecule has 1 aromatic rings. The lowest BCUT2D eigenvalue weighted by Gasteiger charge is -2.42. The summed E-state index contributed by atoms with van der Waals surface area (Å²) in [6, 6.07) is 5.19. The molecule has 5 aliphatic rings. The van der Waals surface area contributed by atoms with Gasteiger partial charge in [0.25, 0.3) is 11.8 Å². The van der Waals surface area contributed by atoms with Gasteiger partial charge >= 0.3 is 5.97 Å². The molecule has 1 unspecified atom stereocenters. The second-order valence-corrected chi connectivity index (χ2v) is 11.3. The number of allylic oxidation sites excluding steroid dienone is 7. The molecule has 206 valence electrons. The zero-order chi connectivity index (χ0) is 28.8. The lowest BCUT2D eigenvalue weighted by atomic mass is 9.64. The standard InChI is InChI=1S/C30H24F4N2O4/c1-28(2)23-10-17(35-12-29(31,32)13-35)4-7-20(23)25(22-9-16(26(37)38)3-6-19(22)27(39)40)21-8-5-18(11-24(21)28)36-14-30(33,34)15-36/h3-7,9-11,19H,12-15H2,1-2H3,(H-,37,38,39,40). The van der Waals surface area contributed by atoms with E-state index in [9.17, 15) is 37.4 Å². The number of benzene rings is 1. The van der Waals surface area contributed by atoms with E-state index in [4.69, 9.17) is 0 Å². The molecule has 3 aliphatic carbocycles. The average Bonchev–Trinajstić information content (AvgIpc) is 2.85. The Morgan fingerprint density at radius 3 is 2.27 bits per heavy atom. The summed E-state index contributed by atoms with van der Waals surface area (Å²) in [6.45, 7) is 2.08. The minimum atomic E-state index is -2.80. The summed E-state index contributed by atoms with van der Waals surface area (Å²) < 4.78 is 54.7. The van der Waals surface area contributed by atoms with Crippen LogP contribution in [-0.2, 0) is 15.0 Å². The minimum absolute atomic E-state index is 0.119. The summed E-state index contributed by atoms with van der Waals surface area (Å²) in [5.41, 5.74) is 3.28. The molecule has 0 saturated carbocycles. The number of rotatable bonds is 4. The van der Waals surface area contributed by atoms with Gasteiger partial charge in [-0.05, 0) is 43.7 Å².